The van der Waals surface area contributed by atoms with Crippen molar-refractivity contribution in [3.63, 3.8) is 0 Å². The third-order valence-electron chi connectivity index (χ3n) is 14.2. The Kier molecular flexibility index (Phi) is 57.0. The number of carbonyl (C=O) groups excluding carboxylic acids is 2. The molecule has 0 heterocycles. The zero-order valence-electron chi connectivity index (χ0n) is 46.3. The molecule has 3 N–H and O–H groups in total. The van der Waals surface area contributed by atoms with Gasteiger partial charge in [0.1, 0.15) is 0 Å². The van der Waals surface area contributed by atoms with Crippen molar-refractivity contribution in [1.29, 1.82) is 0 Å². The van der Waals surface area contributed by atoms with Crippen LogP contribution in [-0.4, -0.2) is 47.4 Å². The minimum absolute atomic E-state index is 0.00179. The van der Waals surface area contributed by atoms with Crippen LogP contribution >= 0.6 is 0 Å². The van der Waals surface area contributed by atoms with Crippen molar-refractivity contribution in [3.05, 3.63) is 36.5 Å². The number of aliphatic hydroxyl groups is 2. The van der Waals surface area contributed by atoms with Gasteiger partial charge in [0.05, 0.1) is 25.4 Å². The van der Waals surface area contributed by atoms with Gasteiger partial charge in [-0.15, -0.1) is 0 Å². The Morgan fingerprint density at radius 3 is 1.16 bits per heavy atom. The number of allylic oxidation sites excluding steroid dienone is 6. The molecule has 0 saturated carbocycles. The fourth-order valence-corrected chi connectivity index (χ4v) is 9.42. The molecule has 6 nitrogen and oxygen atoms in total. The molecule has 0 aromatic carbocycles. The SMILES string of the molecule is CCCC/C=C\CCCCCCCC(=O)OCCCCCCCCCCC/C=C\C/C=C\CCCCCCCCCCCCCCCCCC(=O)NC(CO)C(O)CCCCCCCCCCCC. The number of hydrogen-bond donors (Lipinski definition) is 3. The van der Waals surface area contributed by atoms with Crippen LogP contribution in [0.15, 0.2) is 36.5 Å². The number of ether oxygens (including phenoxy) is 1. The van der Waals surface area contributed by atoms with Crippen LogP contribution in [0, 0.1) is 0 Å². The van der Waals surface area contributed by atoms with E-state index in [1.165, 1.54) is 244 Å². The minimum atomic E-state index is -0.662. The molecule has 0 radical (unpaired) electrons. The molecule has 2 atom stereocenters. The highest BCUT2D eigenvalue weighted by molar-refractivity contribution is 5.76. The molecule has 0 saturated heterocycles. The van der Waals surface area contributed by atoms with Crippen LogP contribution in [0.4, 0.5) is 0 Å². The maximum Gasteiger partial charge on any atom is 0.305 e. The summed E-state index contributed by atoms with van der Waals surface area (Å²) >= 11 is 0. The monoisotopic (exact) mass is 970 g/mol. The van der Waals surface area contributed by atoms with E-state index < -0.39 is 12.1 Å². The molecule has 406 valence electrons. The van der Waals surface area contributed by atoms with Crippen LogP contribution in [0.3, 0.4) is 0 Å². The quantitative estimate of drug-likeness (QED) is 0.0321. The number of nitrogens with one attached hydrogen (secondary N) is 1. The third kappa shape index (κ3) is 55.2. The first kappa shape index (κ1) is 67.1. The van der Waals surface area contributed by atoms with Crippen LogP contribution in [0.25, 0.3) is 0 Å². The largest absolute Gasteiger partial charge is 0.466 e. The second kappa shape index (κ2) is 58.6. The number of esters is 1. The van der Waals surface area contributed by atoms with E-state index in [2.05, 4.69) is 55.6 Å². The Balaban J connectivity index is 3.38. The highest BCUT2D eigenvalue weighted by Crippen LogP contribution is 2.17. The van der Waals surface area contributed by atoms with Crippen molar-refractivity contribution in [2.45, 2.75) is 341 Å². The summed E-state index contributed by atoms with van der Waals surface area (Å²) in [6.45, 7) is 4.90. The Hall–Kier alpha value is -1.92. The van der Waals surface area contributed by atoms with E-state index in [0.717, 1.165) is 51.4 Å². The number of unbranched alkanes of at least 4 members (excludes halogenated alkanes) is 40. The van der Waals surface area contributed by atoms with Crippen LogP contribution in [-0.2, 0) is 14.3 Å². The molecule has 0 aromatic rings. The molecule has 0 aliphatic rings. The normalized spacial score (nSPS) is 12.8. The van der Waals surface area contributed by atoms with Crippen molar-refractivity contribution < 1.29 is 24.5 Å². The number of hydrogen-bond acceptors (Lipinski definition) is 5. The van der Waals surface area contributed by atoms with Crippen molar-refractivity contribution in [1.82, 2.24) is 5.32 Å². The Morgan fingerprint density at radius 2 is 0.739 bits per heavy atom. The zero-order valence-corrected chi connectivity index (χ0v) is 46.3. The van der Waals surface area contributed by atoms with Gasteiger partial charge in [0.15, 0.2) is 0 Å². The summed E-state index contributed by atoms with van der Waals surface area (Å²) in [6, 6.07) is -0.539. The highest BCUT2D eigenvalue weighted by Gasteiger charge is 2.20. The average Bonchev–Trinajstić information content (AvgIpc) is 3.35. The number of amides is 1. The van der Waals surface area contributed by atoms with Crippen molar-refractivity contribution in [3.8, 4) is 0 Å². The summed E-state index contributed by atoms with van der Waals surface area (Å²) in [6.07, 6.45) is 73.2. The summed E-state index contributed by atoms with van der Waals surface area (Å²) < 4.78 is 5.45. The number of carbonyl (C=O) groups is 2. The Bertz CT molecular complexity index is 1120. The first-order valence-corrected chi connectivity index (χ1v) is 30.7. The second-order valence-corrected chi connectivity index (χ2v) is 21.0. The smallest absolute Gasteiger partial charge is 0.305 e. The minimum Gasteiger partial charge on any atom is -0.466 e. The molecule has 0 aliphatic heterocycles. The molecule has 0 rings (SSSR count). The lowest BCUT2D eigenvalue weighted by atomic mass is 10.0. The summed E-state index contributed by atoms with van der Waals surface area (Å²) in [5.74, 6) is -0.0336. The van der Waals surface area contributed by atoms with E-state index >= 15 is 0 Å². The van der Waals surface area contributed by atoms with E-state index in [0.29, 0.717) is 25.9 Å². The Morgan fingerprint density at radius 1 is 0.406 bits per heavy atom. The molecular formula is C63H119NO5. The summed E-state index contributed by atoms with van der Waals surface area (Å²) in [5.41, 5.74) is 0. The van der Waals surface area contributed by atoms with Gasteiger partial charge >= 0.3 is 5.97 Å². The molecule has 0 bridgehead atoms. The second-order valence-electron chi connectivity index (χ2n) is 21.0. The lowest BCUT2D eigenvalue weighted by molar-refractivity contribution is -0.143. The van der Waals surface area contributed by atoms with Crippen molar-refractivity contribution >= 4 is 11.9 Å². The fourth-order valence-electron chi connectivity index (χ4n) is 9.42. The van der Waals surface area contributed by atoms with E-state index in [-0.39, 0.29) is 18.5 Å². The van der Waals surface area contributed by atoms with Gasteiger partial charge in [0, 0.05) is 12.8 Å². The van der Waals surface area contributed by atoms with Gasteiger partial charge in [0.2, 0.25) is 5.91 Å². The molecular weight excluding hydrogens is 851 g/mol. The van der Waals surface area contributed by atoms with E-state index in [9.17, 15) is 19.8 Å². The number of aliphatic hydroxyl groups excluding tert-OH is 2. The first-order valence-electron chi connectivity index (χ1n) is 30.7. The molecule has 0 aliphatic carbocycles. The first-order chi connectivity index (χ1) is 34.0. The molecule has 6 heteroatoms. The third-order valence-corrected chi connectivity index (χ3v) is 14.2. The van der Waals surface area contributed by atoms with Gasteiger partial charge in [-0.3, -0.25) is 9.59 Å². The van der Waals surface area contributed by atoms with Gasteiger partial charge < -0.3 is 20.3 Å². The van der Waals surface area contributed by atoms with Crippen LogP contribution in [0.5, 0.6) is 0 Å². The van der Waals surface area contributed by atoms with Gasteiger partial charge in [-0.1, -0.05) is 275 Å². The van der Waals surface area contributed by atoms with Crippen LogP contribution < -0.4 is 5.32 Å². The molecule has 1 amide bonds. The van der Waals surface area contributed by atoms with Gasteiger partial charge in [-0.05, 0) is 77.0 Å². The van der Waals surface area contributed by atoms with Gasteiger partial charge in [0.25, 0.3) is 0 Å². The predicted molar refractivity (Wildman–Crippen MR) is 301 cm³/mol. The topological polar surface area (TPSA) is 95.9 Å². The molecule has 0 spiro atoms. The van der Waals surface area contributed by atoms with Crippen molar-refractivity contribution in [2.24, 2.45) is 0 Å². The van der Waals surface area contributed by atoms with Crippen LogP contribution in [0.1, 0.15) is 328 Å². The van der Waals surface area contributed by atoms with Gasteiger partial charge in [-0.2, -0.15) is 0 Å². The lowest BCUT2D eigenvalue weighted by Crippen LogP contribution is -2.45. The van der Waals surface area contributed by atoms with E-state index in [1.54, 1.807) is 0 Å². The predicted octanol–water partition coefficient (Wildman–Crippen LogP) is 19.2. The molecule has 69 heavy (non-hydrogen) atoms. The van der Waals surface area contributed by atoms with Gasteiger partial charge in [-0.25, -0.2) is 0 Å². The maximum atomic E-state index is 12.4. The standard InChI is InChI=1S/C63H119NO5/c1-3-5-7-9-11-13-36-41-45-49-53-57-63(68)69-58-54-50-46-42-38-35-33-31-29-27-25-23-21-19-17-15-16-18-20-22-24-26-28-30-32-34-37-40-44-48-52-56-62(67)64-60(59-65)61(66)55-51-47-43-39-14-12-10-8-6-4-2/h9,11,17,19,23,25,60-61,65-66H,3-8,10,12-16,18,20-22,24,26-59H2,1-2H3,(H,64,67)/b11-9-,19-17-,25-23-. The van der Waals surface area contributed by atoms with Crippen molar-refractivity contribution in [2.75, 3.05) is 13.2 Å². The average molecular weight is 971 g/mol. The Labute approximate surface area is 430 Å². The molecule has 0 aromatic heterocycles. The summed E-state index contributed by atoms with van der Waals surface area (Å²) in [4.78, 5) is 24.4. The van der Waals surface area contributed by atoms with E-state index in [1.807, 2.05) is 0 Å². The molecule has 2 unspecified atom stereocenters. The fraction of sp³-hybridized carbons (Fsp3) is 0.873. The lowest BCUT2D eigenvalue weighted by Gasteiger charge is -2.22. The summed E-state index contributed by atoms with van der Waals surface area (Å²) in [7, 11) is 0. The molecule has 0 fully saturated rings. The maximum absolute atomic E-state index is 12.4. The highest BCUT2D eigenvalue weighted by atomic mass is 16.5. The zero-order chi connectivity index (χ0) is 50.0. The number of rotatable bonds is 57. The van der Waals surface area contributed by atoms with Crippen LogP contribution in [0.2, 0.25) is 0 Å². The van der Waals surface area contributed by atoms with E-state index in [4.69, 9.17) is 4.74 Å². The summed E-state index contributed by atoms with van der Waals surface area (Å²) in [5, 5.41) is 23.2.